The smallest absolute Gasteiger partial charge is 0.329 e. The fourth-order valence-electron chi connectivity index (χ4n) is 1.27. The number of nitrogens with zero attached hydrogens (tertiary/aromatic N) is 2. The number of hydrogen-bond donors (Lipinski definition) is 2. The molecule has 0 aliphatic carbocycles. The van der Waals surface area contributed by atoms with E-state index in [2.05, 4.69) is 5.10 Å². The van der Waals surface area contributed by atoms with E-state index >= 15 is 0 Å². The first-order valence-electron chi connectivity index (χ1n) is 4.38. The van der Waals surface area contributed by atoms with Crippen LogP contribution >= 0.6 is 0 Å². The van der Waals surface area contributed by atoms with Gasteiger partial charge in [0, 0.05) is 5.69 Å². The Labute approximate surface area is 86.1 Å². The maximum atomic E-state index is 10.9. The average Bonchev–Trinajstić information content (AvgIpc) is 2.44. The number of aliphatic carboxylic acids is 2. The van der Waals surface area contributed by atoms with Gasteiger partial charge in [-0.25, -0.2) is 4.79 Å². The lowest BCUT2D eigenvalue weighted by atomic mass is 10.2. The van der Waals surface area contributed by atoms with E-state index in [-0.39, 0.29) is 0 Å². The SMILES string of the molecule is Cc1cnn(C(CC(=O)O)C(=O)O)c1C. The van der Waals surface area contributed by atoms with Crippen LogP contribution in [0.5, 0.6) is 0 Å². The first-order chi connectivity index (χ1) is 6.93. The molecule has 1 unspecified atom stereocenters. The molecule has 0 bridgehead atoms. The minimum atomic E-state index is -1.19. The Morgan fingerprint density at radius 1 is 1.47 bits per heavy atom. The number of rotatable bonds is 4. The van der Waals surface area contributed by atoms with Crippen molar-refractivity contribution >= 4 is 11.9 Å². The van der Waals surface area contributed by atoms with Crippen LogP contribution in [0.4, 0.5) is 0 Å². The third-order valence-corrected chi connectivity index (χ3v) is 2.24. The second-order valence-electron chi connectivity index (χ2n) is 3.31. The Balaban J connectivity index is 3.04. The molecule has 82 valence electrons. The van der Waals surface area contributed by atoms with Crippen molar-refractivity contribution in [2.45, 2.75) is 26.3 Å². The van der Waals surface area contributed by atoms with Gasteiger partial charge < -0.3 is 10.2 Å². The molecule has 2 N–H and O–H groups in total. The summed E-state index contributed by atoms with van der Waals surface area (Å²) in [6.07, 6.45) is 1.05. The lowest BCUT2D eigenvalue weighted by Gasteiger charge is -2.12. The third-order valence-electron chi connectivity index (χ3n) is 2.24. The molecule has 6 heteroatoms. The van der Waals surface area contributed by atoms with Crippen LogP contribution in [-0.4, -0.2) is 31.9 Å². The molecule has 0 aliphatic rings. The monoisotopic (exact) mass is 212 g/mol. The summed E-state index contributed by atoms with van der Waals surface area (Å²) in [7, 11) is 0. The molecule has 1 atom stereocenters. The maximum Gasteiger partial charge on any atom is 0.329 e. The number of carboxylic acid groups (broad SMARTS) is 2. The van der Waals surface area contributed by atoms with Crippen molar-refractivity contribution in [2.24, 2.45) is 0 Å². The van der Waals surface area contributed by atoms with Gasteiger partial charge in [0.2, 0.25) is 0 Å². The molecule has 0 spiro atoms. The summed E-state index contributed by atoms with van der Waals surface area (Å²) < 4.78 is 1.23. The predicted molar refractivity (Wildman–Crippen MR) is 50.6 cm³/mol. The second-order valence-corrected chi connectivity index (χ2v) is 3.31. The van der Waals surface area contributed by atoms with Crippen LogP contribution in [0, 0.1) is 13.8 Å². The predicted octanol–water partition coefficient (Wildman–Crippen LogP) is 0.600. The molecule has 0 radical (unpaired) electrons. The van der Waals surface area contributed by atoms with Crippen molar-refractivity contribution in [3.63, 3.8) is 0 Å². The van der Waals surface area contributed by atoms with E-state index in [4.69, 9.17) is 10.2 Å². The zero-order valence-electron chi connectivity index (χ0n) is 8.47. The summed E-state index contributed by atoms with van der Waals surface area (Å²) in [6.45, 7) is 3.50. The van der Waals surface area contributed by atoms with E-state index in [1.54, 1.807) is 13.8 Å². The van der Waals surface area contributed by atoms with Gasteiger partial charge in [0.05, 0.1) is 12.6 Å². The van der Waals surface area contributed by atoms with Crippen molar-refractivity contribution in [2.75, 3.05) is 0 Å². The molecule has 0 aliphatic heterocycles. The highest BCUT2D eigenvalue weighted by Crippen LogP contribution is 2.16. The Bertz CT molecular complexity index is 397. The normalized spacial score (nSPS) is 12.4. The van der Waals surface area contributed by atoms with E-state index in [0.29, 0.717) is 5.69 Å². The fraction of sp³-hybridized carbons (Fsp3) is 0.444. The minimum Gasteiger partial charge on any atom is -0.481 e. The molecule has 0 saturated heterocycles. The molecule has 1 aromatic rings. The second kappa shape index (κ2) is 4.12. The highest BCUT2D eigenvalue weighted by atomic mass is 16.4. The van der Waals surface area contributed by atoms with E-state index in [1.807, 2.05) is 0 Å². The molecular formula is C9H12N2O4. The van der Waals surface area contributed by atoms with E-state index in [0.717, 1.165) is 5.56 Å². The van der Waals surface area contributed by atoms with Gasteiger partial charge in [0.25, 0.3) is 0 Å². The molecule has 15 heavy (non-hydrogen) atoms. The molecular weight excluding hydrogens is 200 g/mol. The number of carboxylic acids is 2. The van der Waals surface area contributed by atoms with Crippen molar-refractivity contribution < 1.29 is 19.8 Å². The zero-order valence-corrected chi connectivity index (χ0v) is 8.47. The van der Waals surface area contributed by atoms with Crippen molar-refractivity contribution in [1.82, 2.24) is 9.78 Å². The number of carbonyl (C=O) groups is 2. The Kier molecular flexibility index (Phi) is 3.08. The summed E-state index contributed by atoms with van der Waals surface area (Å²) >= 11 is 0. The summed E-state index contributed by atoms with van der Waals surface area (Å²) in [5.74, 6) is -2.35. The summed E-state index contributed by atoms with van der Waals surface area (Å²) in [5.41, 5.74) is 1.51. The summed E-state index contributed by atoms with van der Waals surface area (Å²) in [6, 6.07) is -1.14. The Morgan fingerprint density at radius 3 is 2.40 bits per heavy atom. The lowest BCUT2D eigenvalue weighted by molar-refractivity contribution is -0.147. The molecule has 0 fully saturated rings. The topological polar surface area (TPSA) is 92.4 Å². The standard InChI is InChI=1S/C9H12N2O4/c1-5-4-10-11(6(5)2)7(9(14)15)3-8(12)13/h4,7H,3H2,1-2H3,(H,12,13)(H,14,15). The fourth-order valence-corrected chi connectivity index (χ4v) is 1.27. The Morgan fingerprint density at radius 2 is 2.07 bits per heavy atom. The van der Waals surface area contributed by atoms with Crippen LogP contribution in [-0.2, 0) is 9.59 Å². The van der Waals surface area contributed by atoms with Crippen molar-refractivity contribution in [1.29, 1.82) is 0 Å². The van der Waals surface area contributed by atoms with Gasteiger partial charge in [-0.2, -0.15) is 5.10 Å². The van der Waals surface area contributed by atoms with E-state index in [9.17, 15) is 9.59 Å². The first kappa shape index (κ1) is 11.2. The summed E-state index contributed by atoms with van der Waals surface area (Å²) in [5, 5.41) is 21.3. The van der Waals surface area contributed by atoms with Crippen LogP contribution in [0.25, 0.3) is 0 Å². The Hall–Kier alpha value is -1.85. The van der Waals surface area contributed by atoms with Crippen LogP contribution in [0.1, 0.15) is 23.7 Å². The van der Waals surface area contributed by atoms with Gasteiger partial charge in [-0.3, -0.25) is 9.48 Å². The van der Waals surface area contributed by atoms with E-state index in [1.165, 1.54) is 10.9 Å². The molecule has 1 aromatic heterocycles. The van der Waals surface area contributed by atoms with Crippen LogP contribution < -0.4 is 0 Å². The van der Waals surface area contributed by atoms with Crippen LogP contribution in [0.2, 0.25) is 0 Å². The maximum absolute atomic E-state index is 10.9. The quantitative estimate of drug-likeness (QED) is 0.762. The summed E-state index contributed by atoms with van der Waals surface area (Å²) in [4.78, 5) is 21.4. The molecule has 6 nitrogen and oxygen atoms in total. The number of aromatic nitrogens is 2. The number of hydrogen-bond acceptors (Lipinski definition) is 3. The molecule has 0 aromatic carbocycles. The highest BCUT2D eigenvalue weighted by molar-refractivity contribution is 5.79. The highest BCUT2D eigenvalue weighted by Gasteiger charge is 2.25. The zero-order chi connectivity index (χ0) is 11.6. The van der Waals surface area contributed by atoms with Crippen molar-refractivity contribution in [3.8, 4) is 0 Å². The number of aryl methyl sites for hydroxylation is 1. The largest absolute Gasteiger partial charge is 0.481 e. The molecule has 1 heterocycles. The first-order valence-corrected chi connectivity index (χ1v) is 4.38. The molecule has 0 saturated carbocycles. The van der Waals surface area contributed by atoms with Crippen molar-refractivity contribution in [3.05, 3.63) is 17.5 Å². The van der Waals surface area contributed by atoms with E-state index < -0.39 is 24.4 Å². The third kappa shape index (κ3) is 2.34. The minimum absolute atomic E-state index is 0.475. The van der Waals surface area contributed by atoms with Gasteiger partial charge in [0.15, 0.2) is 6.04 Å². The van der Waals surface area contributed by atoms with Gasteiger partial charge in [0.1, 0.15) is 0 Å². The van der Waals surface area contributed by atoms with Gasteiger partial charge >= 0.3 is 11.9 Å². The average molecular weight is 212 g/mol. The van der Waals surface area contributed by atoms with Gasteiger partial charge in [-0.1, -0.05) is 0 Å². The van der Waals surface area contributed by atoms with Crippen LogP contribution in [0.3, 0.4) is 0 Å². The van der Waals surface area contributed by atoms with Gasteiger partial charge in [-0.05, 0) is 19.4 Å². The molecule has 1 rings (SSSR count). The van der Waals surface area contributed by atoms with Gasteiger partial charge in [-0.15, -0.1) is 0 Å². The van der Waals surface area contributed by atoms with Crippen LogP contribution in [0.15, 0.2) is 6.20 Å². The molecule has 0 amide bonds. The lowest BCUT2D eigenvalue weighted by Crippen LogP contribution is -2.24.